The van der Waals surface area contributed by atoms with Gasteiger partial charge >= 0.3 is 0 Å². The topological polar surface area (TPSA) is 55.6 Å². The van der Waals surface area contributed by atoms with Crippen LogP contribution in [0.3, 0.4) is 0 Å². The SMILES string of the molecule is CCNc1nccc(-c2c(-c3ccc(F)cc3)nc3n2C(/C=C/c2cccs2)CC3)n1. The quantitative estimate of drug-likeness (QED) is 0.417. The minimum atomic E-state index is -0.259. The molecule has 156 valence electrons. The van der Waals surface area contributed by atoms with Crippen molar-refractivity contribution in [2.75, 3.05) is 11.9 Å². The molecular formula is C24H22FN5S. The second kappa shape index (κ2) is 8.43. The molecule has 3 aromatic heterocycles. The van der Waals surface area contributed by atoms with E-state index >= 15 is 0 Å². The number of aromatic nitrogens is 4. The third-order valence-corrected chi connectivity index (χ3v) is 6.19. The minimum Gasteiger partial charge on any atom is -0.354 e. The standard InChI is InChI=1S/C24H22FN5S/c1-2-26-24-27-14-13-20(28-24)23-22(16-5-7-17(25)8-6-16)29-21-12-10-18(30(21)23)9-11-19-4-3-15-31-19/h3-9,11,13-15,18H,2,10,12H2,1H3,(H,26,27,28)/b11-9+. The van der Waals surface area contributed by atoms with Crippen LogP contribution in [-0.2, 0) is 6.42 Å². The van der Waals surface area contributed by atoms with E-state index < -0.39 is 0 Å². The summed E-state index contributed by atoms with van der Waals surface area (Å²) in [5.41, 5.74) is 3.45. The lowest BCUT2D eigenvalue weighted by atomic mass is 10.1. The van der Waals surface area contributed by atoms with Gasteiger partial charge in [-0.1, -0.05) is 12.1 Å². The van der Waals surface area contributed by atoms with E-state index in [9.17, 15) is 4.39 Å². The Morgan fingerprint density at radius 3 is 2.84 bits per heavy atom. The Kier molecular flexibility index (Phi) is 5.34. The normalized spacial score (nSPS) is 15.5. The number of aryl methyl sites for hydroxylation is 1. The third kappa shape index (κ3) is 3.88. The minimum absolute atomic E-state index is 0.186. The third-order valence-electron chi connectivity index (χ3n) is 5.36. The Labute approximate surface area is 184 Å². The van der Waals surface area contributed by atoms with Gasteiger partial charge in [-0.15, -0.1) is 11.3 Å². The van der Waals surface area contributed by atoms with Crippen LogP contribution in [0.5, 0.6) is 0 Å². The Morgan fingerprint density at radius 1 is 1.19 bits per heavy atom. The molecule has 0 fully saturated rings. The van der Waals surface area contributed by atoms with Crippen molar-refractivity contribution in [3.63, 3.8) is 0 Å². The maximum Gasteiger partial charge on any atom is 0.223 e. The van der Waals surface area contributed by atoms with Crippen molar-refractivity contribution < 1.29 is 4.39 Å². The van der Waals surface area contributed by atoms with Crippen molar-refractivity contribution in [1.29, 1.82) is 0 Å². The van der Waals surface area contributed by atoms with Gasteiger partial charge in [-0.25, -0.2) is 19.3 Å². The van der Waals surface area contributed by atoms with E-state index in [0.29, 0.717) is 5.95 Å². The molecule has 1 aromatic carbocycles. The second-order valence-electron chi connectivity index (χ2n) is 7.38. The number of benzene rings is 1. The molecule has 0 saturated heterocycles. The zero-order valence-corrected chi connectivity index (χ0v) is 17.9. The molecule has 0 aliphatic carbocycles. The first kappa shape index (κ1) is 19.6. The highest BCUT2D eigenvalue weighted by atomic mass is 32.1. The fraction of sp³-hybridized carbons (Fsp3) is 0.208. The number of nitrogens with zero attached hydrogens (tertiary/aromatic N) is 4. The molecule has 0 spiro atoms. The van der Waals surface area contributed by atoms with Crippen LogP contribution in [0, 0.1) is 5.82 Å². The first-order valence-electron chi connectivity index (χ1n) is 10.4. The molecule has 1 atom stereocenters. The van der Waals surface area contributed by atoms with Gasteiger partial charge in [0.2, 0.25) is 5.95 Å². The number of rotatable bonds is 6. The van der Waals surface area contributed by atoms with E-state index in [1.807, 2.05) is 13.0 Å². The van der Waals surface area contributed by atoms with E-state index in [0.717, 1.165) is 47.9 Å². The van der Waals surface area contributed by atoms with Gasteiger partial charge in [-0.3, -0.25) is 0 Å². The molecule has 0 radical (unpaired) electrons. The monoisotopic (exact) mass is 431 g/mol. The van der Waals surface area contributed by atoms with Gasteiger partial charge in [0.15, 0.2) is 0 Å². The highest BCUT2D eigenvalue weighted by Gasteiger charge is 2.29. The van der Waals surface area contributed by atoms with Crippen LogP contribution in [0.25, 0.3) is 28.7 Å². The summed E-state index contributed by atoms with van der Waals surface area (Å²) in [6.45, 7) is 2.76. The number of fused-ring (bicyclic) bond motifs is 1. The average molecular weight is 432 g/mol. The predicted molar refractivity (Wildman–Crippen MR) is 124 cm³/mol. The van der Waals surface area contributed by atoms with E-state index in [1.165, 1.54) is 17.0 Å². The number of nitrogens with one attached hydrogen (secondary N) is 1. The van der Waals surface area contributed by atoms with Gasteiger partial charge in [-0.2, -0.15) is 0 Å². The predicted octanol–water partition coefficient (Wildman–Crippen LogP) is 5.84. The maximum atomic E-state index is 13.6. The van der Waals surface area contributed by atoms with Gasteiger partial charge in [0, 0.05) is 29.6 Å². The number of hydrogen-bond donors (Lipinski definition) is 1. The number of hydrogen-bond acceptors (Lipinski definition) is 5. The molecule has 1 N–H and O–H groups in total. The smallest absolute Gasteiger partial charge is 0.223 e. The highest BCUT2D eigenvalue weighted by molar-refractivity contribution is 7.10. The van der Waals surface area contributed by atoms with E-state index in [1.54, 1.807) is 29.7 Å². The summed E-state index contributed by atoms with van der Waals surface area (Å²) in [6.07, 6.45) is 8.06. The fourth-order valence-electron chi connectivity index (χ4n) is 3.98. The molecule has 0 bridgehead atoms. The lowest BCUT2D eigenvalue weighted by Gasteiger charge is -2.14. The number of allylic oxidation sites excluding steroid dienone is 1. The Balaban J connectivity index is 1.64. The zero-order chi connectivity index (χ0) is 21.2. The molecule has 31 heavy (non-hydrogen) atoms. The Hall–Kier alpha value is -3.32. The molecule has 4 heterocycles. The highest BCUT2D eigenvalue weighted by Crippen LogP contribution is 2.40. The molecule has 5 nitrogen and oxygen atoms in total. The molecule has 4 aromatic rings. The fourth-order valence-corrected chi connectivity index (χ4v) is 4.61. The van der Waals surface area contributed by atoms with E-state index in [-0.39, 0.29) is 11.9 Å². The van der Waals surface area contributed by atoms with E-state index in [4.69, 9.17) is 9.97 Å². The van der Waals surface area contributed by atoms with Crippen LogP contribution in [-0.4, -0.2) is 26.1 Å². The van der Waals surface area contributed by atoms with Crippen molar-refractivity contribution in [3.05, 3.63) is 76.6 Å². The molecular weight excluding hydrogens is 409 g/mol. The van der Waals surface area contributed by atoms with Gasteiger partial charge in [-0.05, 0) is 61.2 Å². The lowest BCUT2D eigenvalue weighted by molar-refractivity contribution is 0.628. The molecule has 0 saturated carbocycles. The molecule has 1 unspecified atom stereocenters. The van der Waals surface area contributed by atoms with Crippen molar-refractivity contribution >= 4 is 23.4 Å². The van der Waals surface area contributed by atoms with Crippen molar-refractivity contribution in [1.82, 2.24) is 19.5 Å². The zero-order valence-electron chi connectivity index (χ0n) is 17.1. The van der Waals surface area contributed by atoms with E-state index in [2.05, 4.69) is 44.5 Å². The summed E-state index contributed by atoms with van der Waals surface area (Å²) in [5, 5.41) is 5.27. The summed E-state index contributed by atoms with van der Waals surface area (Å²) in [5.74, 6) is 1.35. The largest absolute Gasteiger partial charge is 0.354 e. The summed E-state index contributed by atoms with van der Waals surface area (Å²) < 4.78 is 15.8. The van der Waals surface area contributed by atoms with Crippen molar-refractivity contribution in [2.45, 2.75) is 25.8 Å². The first-order valence-corrected chi connectivity index (χ1v) is 11.3. The van der Waals surface area contributed by atoms with Crippen molar-refractivity contribution in [2.24, 2.45) is 0 Å². The number of imidazole rings is 1. The van der Waals surface area contributed by atoms with Crippen molar-refractivity contribution in [3.8, 4) is 22.6 Å². The molecule has 1 aliphatic heterocycles. The van der Waals surface area contributed by atoms with Crippen LogP contribution in [0.1, 0.15) is 30.1 Å². The molecule has 0 amide bonds. The maximum absolute atomic E-state index is 13.6. The van der Waals surface area contributed by atoms with Crippen LogP contribution in [0.15, 0.2) is 60.1 Å². The summed E-state index contributed by atoms with van der Waals surface area (Å²) in [6, 6.07) is 12.8. The number of thiophene rings is 1. The van der Waals surface area contributed by atoms with Gasteiger partial charge < -0.3 is 9.88 Å². The second-order valence-corrected chi connectivity index (χ2v) is 8.36. The average Bonchev–Trinajstić information content (AvgIpc) is 3.51. The van der Waals surface area contributed by atoms with Gasteiger partial charge in [0.25, 0.3) is 0 Å². The van der Waals surface area contributed by atoms with Gasteiger partial charge in [0.05, 0.1) is 23.1 Å². The first-order chi connectivity index (χ1) is 15.2. The lowest BCUT2D eigenvalue weighted by Crippen LogP contribution is -2.06. The summed E-state index contributed by atoms with van der Waals surface area (Å²) in [4.78, 5) is 15.3. The van der Waals surface area contributed by atoms with Gasteiger partial charge in [0.1, 0.15) is 11.6 Å². The molecule has 1 aliphatic rings. The summed E-state index contributed by atoms with van der Waals surface area (Å²) in [7, 11) is 0. The molecule has 7 heteroatoms. The Bertz CT molecular complexity index is 1210. The van der Waals surface area contributed by atoms with Crippen LogP contribution >= 0.6 is 11.3 Å². The summed E-state index contributed by atoms with van der Waals surface area (Å²) >= 11 is 1.72. The van der Waals surface area contributed by atoms with Crippen LogP contribution in [0.2, 0.25) is 0 Å². The molecule has 5 rings (SSSR count). The van der Waals surface area contributed by atoms with Crippen LogP contribution < -0.4 is 5.32 Å². The number of halogens is 1. The number of anilines is 1. The van der Waals surface area contributed by atoms with Crippen LogP contribution in [0.4, 0.5) is 10.3 Å². The Morgan fingerprint density at radius 2 is 2.06 bits per heavy atom.